The summed E-state index contributed by atoms with van der Waals surface area (Å²) in [6, 6.07) is 12.6. The lowest BCUT2D eigenvalue weighted by Crippen LogP contribution is -2.26. The minimum absolute atomic E-state index is 0.110. The van der Waals surface area contributed by atoms with Crippen LogP contribution in [0, 0.1) is 0 Å². The zero-order valence-corrected chi connectivity index (χ0v) is 12.5. The molecule has 3 heteroatoms. The number of hydrogen-bond donors (Lipinski definition) is 1. The van der Waals surface area contributed by atoms with Gasteiger partial charge in [-0.05, 0) is 42.9 Å². The zero-order valence-electron chi connectivity index (χ0n) is 12.5. The summed E-state index contributed by atoms with van der Waals surface area (Å²) < 4.78 is 1.74. The Morgan fingerprint density at radius 3 is 2.81 bits per heavy atom. The first kappa shape index (κ1) is 14.1. The van der Waals surface area contributed by atoms with Crippen LogP contribution in [0.15, 0.2) is 47.4 Å². The van der Waals surface area contributed by atoms with Crippen LogP contribution in [0.1, 0.15) is 42.4 Å². The van der Waals surface area contributed by atoms with Crippen LogP contribution in [0.4, 0.5) is 0 Å². The van der Waals surface area contributed by atoms with Gasteiger partial charge in [-0.25, -0.2) is 0 Å². The molecule has 0 aliphatic heterocycles. The molecule has 1 N–H and O–H groups in total. The fraction of sp³-hybridized carbons (Fsp3) is 0.389. The van der Waals surface area contributed by atoms with Gasteiger partial charge in [0.25, 0.3) is 5.56 Å². The van der Waals surface area contributed by atoms with Gasteiger partial charge in [0.05, 0.1) is 0 Å². The molecule has 1 aromatic carbocycles. The fourth-order valence-electron chi connectivity index (χ4n) is 2.69. The van der Waals surface area contributed by atoms with Gasteiger partial charge >= 0.3 is 0 Å². The van der Waals surface area contributed by atoms with Crippen molar-refractivity contribution < 1.29 is 0 Å². The lowest BCUT2D eigenvalue weighted by molar-refractivity contribution is 0.660. The first-order valence-corrected chi connectivity index (χ1v) is 7.76. The summed E-state index contributed by atoms with van der Waals surface area (Å²) in [4.78, 5) is 12.1. The van der Waals surface area contributed by atoms with Crippen molar-refractivity contribution in [3.63, 3.8) is 0 Å². The second kappa shape index (κ2) is 6.27. The fourth-order valence-corrected chi connectivity index (χ4v) is 2.69. The highest BCUT2D eigenvalue weighted by molar-refractivity contribution is 5.29. The maximum atomic E-state index is 12.1. The quantitative estimate of drug-likeness (QED) is 0.883. The van der Waals surface area contributed by atoms with Crippen LogP contribution >= 0.6 is 0 Å². The molecule has 110 valence electrons. The van der Waals surface area contributed by atoms with Gasteiger partial charge in [0, 0.05) is 31.4 Å². The molecular weight excluding hydrogens is 260 g/mol. The van der Waals surface area contributed by atoms with Crippen LogP contribution in [-0.4, -0.2) is 4.57 Å². The second-order valence-corrected chi connectivity index (χ2v) is 5.75. The van der Waals surface area contributed by atoms with E-state index >= 15 is 0 Å². The van der Waals surface area contributed by atoms with Gasteiger partial charge in [-0.3, -0.25) is 4.79 Å². The first-order valence-electron chi connectivity index (χ1n) is 7.76. The molecule has 0 bridgehead atoms. The van der Waals surface area contributed by atoms with E-state index in [4.69, 9.17) is 0 Å². The Hall–Kier alpha value is -1.87. The Bertz CT molecular complexity index is 671. The molecule has 0 radical (unpaired) electrons. The van der Waals surface area contributed by atoms with Gasteiger partial charge in [-0.1, -0.05) is 30.3 Å². The van der Waals surface area contributed by atoms with Crippen LogP contribution in [0.5, 0.6) is 0 Å². The van der Waals surface area contributed by atoms with Crippen LogP contribution in [0.3, 0.4) is 0 Å². The average molecular weight is 282 g/mol. The predicted octanol–water partition coefficient (Wildman–Crippen LogP) is 3.04. The summed E-state index contributed by atoms with van der Waals surface area (Å²) >= 11 is 0. The van der Waals surface area contributed by atoms with Crippen molar-refractivity contribution in [2.24, 2.45) is 0 Å². The van der Waals surface area contributed by atoms with E-state index in [-0.39, 0.29) is 5.56 Å². The van der Waals surface area contributed by atoms with Crippen molar-refractivity contribution in [1.82, 2.24) is 9.88 Å². The van der Waals surface area contributed by atoms with E-state index in [0.29, 0.717) is 6.54 Å². The SMILES string of the molecule is CCn1cccc(CNCc2cccc(C3CC3)c2)c1=O. The Labute approximate surface area is 125 Å². The van der Waals surface area contributed by atoms with Crippen molar-refractivity contribution in [3.05, 3.63) is 69.6 Å². The molecule has 3 rings (SSSR count). The normalized spacial score (nSPS) is 14.3. The van der Waals surface area contributed by atoms with Crippen LogP contribution < -0.4 is 10.9 Å². The van der Waals surface area contributed by atoms with E-state index in [9.17, 15) is 4.79 Å². The monoisotopic (exact) mass is 282 g/mol. The van der Waals surface area contributed by atoms with Crippen LogP contribution in [0.25, 0.3) is 0 Å². The van der Waals surface area contributed by atoms with E-state index in [1.165, 1.54) is 24.0 Å². The third-order valence-electron chi connectivity index (χ3n) is 4.08. The van der Waals surface area contributed by atoms with Crippen molar-refractivity contribution in [3.8, 4) is 0 Å². The summed E-state index contributed by atoms with van der Waals surface area (Å²) in [6.07, 6.45) is 4.50. The molecule has 0 amide bonds. The molecule has 1 fully saturated rings. The molecule has 1 aliphatic carbocycles. The number of pyridine rings is 1. The van der Waals surface area contributed by atoms with Gasteiger partial charge in [-0.2, -0.15) is 0 Å². The number of rotatable bonds is 6. The zero-order chi connectivity index (χ0) is 14.7. The molecule has 0 unspecified atom stereocenters. The van der Waals surface area contributed by atoms with Crippen LogP contribution in [-0.2, 0) is 19.6 Å². The average Bonchev–Trinajstić information content (AvgIpc) is 3.34. The van der Waals surface area contributed by atoms with Crippen LogP contribution in [0.2, 0.25) is 0 Å². The molecule has 1 aliphatic rings. The molecule has 3 nitrogen and oxygen atoms in total. The number of nitrogens with one attached hydrogen (secondary N) is 1. The molecule has 0 spiro atoms. The number of benzene rings is 1. The van der Waals surface area contributed by atoms with E-state index in [2.05, 4.69) is 29.6 Å². The van der Waals surface area contributed by atoms with Gasteiger partial charge in [0.2, 0.25) is 0 Å². The standard InChI is InChI=1S/C18H22N2O/c1-2-20-10-4-7-17(18(20)21)13-19-12-14-5-3-6-16(11-14)15-8-9-15/h3-7,10-11,15,19H,2,8-9,12-13H2,1H3. The second-order valence-electron chi connectivity index (χ2n) is 5.75. The smallest absolute Gasteiger partial charge is 0.255 e. The highest BCUT2D eigenvalue weighted by Crippen LogP contribution is 2.40. The molecule has 1 aromatic heterocycles. The maximum absolute atomic E-state index is 12.1. The van der Waals surface area contributed by atoms with E-state index in [1.54, 1.807) is 4.57 Å². The third kappa shape index (κ3) is 3.42. The van der Waals surface area contributed by atoms with Crippen molar-refractivity contribution in [1.29, 1.82) is 0 Å². The highest BCUT2D eigenvalue weighted by Gasteiger charge is 2.23. The Morgan fingerprint density at radius 2 is 2.05 bits per heavy atom. The molecule has 1 saturated carbocycles. The summed E-state index contributed by atoms with van der Waals surface area (Å²) in [5.74, 6) is 0.788. The van der Waals surface area contributed by atoms with E-state index < -0.39 is 0 Å². The van der Waals surface area contributed by atoms with E-state index in [1.807, 2.05) is 25.3 Å². The summed E-state index contributed by atoms with van der Waals surface area (Å²) in [5.41, 5.74) is 3.70. The molecular formula is C18H22N2O. The topological polar surface area (TPSA) is 34.0 Å². The Morgan fingerprint density at radius 1 is 1.19 bits per heavy atom. The molecule has 0 saturated heterocycles. The largest absolute Gasteiger partial charge is 0.316 e. The molecule has 1 heterocycles. The molecule has 2 aromatic rings. The lowest BCUT2D eigenvalue weighted by Gasteiger charge is -2.08. The minimum atomic E-state index is 0.110. The number of nitrogens with zero attached hydrogens (tertiary/aromatic N) is 1. The Kier molecular flexibility index (Phi) is 4.20. The molecule has 0 atom stereocenters. The van der Waals surface area contributed by atoms with Crippen molar-refractivity contribution >= 4 is 0 Å². The van der Waals surface area contributed by atoms with Crippen molar-refractivity contribution in [2.75, 3.05) is 0 Å². The summed E-state index contributed by atoms with van der Waals surface area (Å²) in [5, 5.41) is 3.38. The van der Waals surface area contributed by atoms with Gasteiger partial charge in [0.1, 0.15) is 0 Å². The molecule has 21 heavy (non-hydrogen) atoms. The van der Waals surface area contributed by atoms with Gasteiger partial charge < -0.3 is 9.88 Å². The van der Waals surface area contributed by atoms with Crippen molar-refractivity contribution in [2.45, 2.75) is 45.3 Å². The first-order chi connectivity index (χ1) is 10.3. The predicted molar refractivity (Wildman–Crippen MR) is 85.3 cm³/mol. The number of aryl methyl sites for hydroxylation is 1. The number of hydrogen-bond acceptors (Lipinski definition) is 2. The van der Waals surface area contributed by atoms with Gasteiger partial charge in [0.15, 0.2) is 0 Å². The van der Waals surface area contributed by atoms with Gasteiger partial charge in [-0.15, -0.1) is 0 Å². The minimum Gasteiger partial charge on any atom is -0.316 e. The lowest BCUT2D eigenvalue weighted by atomic mass is 10.1. The number of aromatic nitrogens is 1. The highest BCUT2D eigenvalue weighted by atomic mass is 16.1. The third-order valence-corrected chi connectivity index (χ3v) is 4.08. The summed E-state index contributed by atoms with van der Waals surface area (Å²) in [6.45, 7) is 4.13. The Balaban J connectivity index is 1.61. The van der Waals surface area contributed by atoms with E-state index in [0.717, 1.165) is 24.6 Å². The summed E-state index contributed by atoms with van der Waals surface area (Å²) in [7, 11) is 0. The maximum Gasteiger partial charge on any atom is 0.255 e.